The Balaban J connectivity index is 2.49. The van der Waals surface area contributed by atoms with Crippen molar-refractivity contribution in [3.63, 3.8) is 0 Å². The lowest BCUT2D eigenvalue weighted by Gasteiger charge is -2.08. The van der Waals surface area contributed by atoms with E-state index in [2.05, 4.69) is 9.97 Å². The van der Waals surface area contributed by atoms with Crippen LogP contribution >= 0.6 is 0 Å². The maximum atomic E-state index is 12.2. The van der Waals surface area contributed by atoms with Gasteiger partial charge in [0.2, 0.25) is 5.16 Å². The van der Waals surface area contributed by atoms with E-state index in [-0.39, 0.29) is 5.16 Å². The van der Waals surface area contributed by atoms with Crippen molar-refractivity contribution in [2.75, 3.05) is 12.5 Å². The molecule has 0 bridgehead atoms. The molecule has 0 spiro atoms. The molecular weight excluding hydrogens is 330 g/mol. The maximum Gasteiger partial charge on any atom is 0.221 e. The van der Waals surface area contributed by atoms with Crippen LogP contribution in [0, 0.1) is 13.8 Å². The molecule has 7 heteroatoms. The third kappa shape index (κ3) is 2.64. The summed E-state index contributed by atoms with van der Waals surface area (Å²) < 4.78 is 26.0. The van der Waals surface area contributed by atoms with Gasteiger partial charge in [0.15, 0.2) is 5.65 Å². The summed E-state index contributed by atoms with van der Waals surface area (Å²) in [6.07, 6.45) is 3.11. The van der Waals surface area contributed by atoms with Crippen LogP contribution in [0.1, 0.15) is 11.3 Å². The van der Waals surface area contributed by atoms with Crippen LogP contribution in [-0.2, 0) is 21.6 Å². The number of aryl methyl sites for hydroxylation is 1. The highest BCUT2D eigenvalue weighted by Crippen LogP contribution is 2.30. The summed E-state index contributed by atoms with van der Waals surface area (Å²) in [5.41, 5.74) is 3.60. The van der Waals surface area contributed by atoms with Crippen LogP contribution in [0.25, 0.3) is 16.7 Å². The maximum absolute atomic E-state index is 12.2. The van der Waals surface area contributed by atoms with Crippen molar-refractivity contribution in [2.45, 2.75) is 24.0 Å². The molecule has 120 valence electrons. The van der Waals surface area contributed by atoms with Crippen molar-refractivity contribution in [2.24, 2.45) is 0 Å². The number of fused-ring (bicyclic) bond motifs is 1. The largest absolute Gasteiger partial charge is 0.298 e. The molecule has 23 heavy (non-hydrogen) atoms. The molecule has 0 N–H and O–H groups in total. The van der Waals surface area contributed by atoms with Crippen LogP contribution in [-0.4, -0.2) is 35.5 Å². The zero-order valence-corrected chi connectivity index (χ0v) is 15.0. The van der Waals surface area contributed by atoms with Crippen molar-refractivity contribution in [1.82, 2.24) is 14.5 Å². The molecule has 0 saturated carbocycles. The quantitative estimate of drug-likeness (QED) is 0.539. The van der Waals surface area contributed by atoms with Crippen molar-refractivity contribution >= 4 is 32.6 Å². The summed E-state index contributed by atoms with van der Waals surface area (Å²) in [5, 5.41) is 1.43. The Hall–Kier alpha value is -1.86. The predicted molar refractivity (Wildman–Crippen MR) is 93.0 cm³/mol. The van der Waals surface area contributed by atoms with Crippen LogP contribution in [0.5, 0.6) is 0 Å². The number of hydrogen-bond donors (Lipinski definition) is 0. The molecule has 0 aliphatic heterocycles. The Bertz CT molecular complexity index is 949. The highest BCUT2D eigenvalue weighted by Gasteiger charge is 2.21. The van der Waals surface area contributed by atoms with Crippen LogP contribution in [0.4, 0.5) is 0 Å². The molecular formula is C16H17N3O2S2. The van der Waals surface area contributed by atoms with Gasteiger partial charge in [0, 0.05) is 23.9 Å². The number of benzene rings is 1. The van der Waals surface area contributed by atoms with Crippen LogP contribution in [0.3, 0.4) is 0 Å². The Kier molecular flexibility index (Phi) is 4.16. The van der Waals surface area contributed by atoms with Crippen LogP contribution in [0.15, 0.2) is 40.5 Å². The number of para-hydroxylation sites is 1. The highest BCUT2D eigenvalue weighted by atomic mass is 32.2. The summed E-state index contributed by atoms with van der Waals surface area (Å²) in [4.78, 5) is 8.78. The van der Waals surface area contributed by atoms with E-state index in [1.54, 1.807) is 6.26 Å². The fourth-order valence-electron chi connectivity index (χ4n) is 2.64. The minimum atomic E-state index is -1.34. The molecule has 2 heterocycles. The second kappa shape index (κ2) is 5.98. The lowest BCUT2D eigenvalue weighted by atomic mass is 10.2. The molecule has 3 rings (SSSR count). The Labute approximate surface area is 139 Å². The van der Waals surface area contributed by atoms with Crippen molar-refractivity contribution in [3.8, 4) is 5.69 Å². The monoisotopic (exact) mass is 347 g/mol. The van der Waals surface area contributed by atoms with E-state index in [1.807, 2.05) is 48.7 Å². The smallest absolute Gasteiger partial charge is 0.221 e. The number of hydrogen-bond acceptors (Lipinski definition) is 4. The first kappa shape index (κ1) is 16.0. The molecule has 2 unspecified atom stereocenters. The van der Waals surface area contributed by atoms with E-state index in [4.69, 9.17) is 0 Å². The number of rotatable bonds is 3. The molecule has 0 amide bonds. The predicted octanol–water partition coefficient (Wildman–Crippen LogP) is 2.51. The fourth-order valence-corrected chi connectivity index (χ4v) is 3.88. The van der Waals surface area contributed by atoms with Gasteiger partial charge < -0.3 is 0 Å². The van der Waals surface area contributed by atoms with Crippen LogP contribution in [0.2, 0.25) is 0 Å². The van der Waals surface area contributed by atoms with E-state index in [1.165, 1.54) is 6.26 Å². The zero-order chi connectivity index (χ0) is 16.7. The Morgan fingerprint density at radius 2 is 1.61 bits per heavy atom. The van der Waals surface area contributed by atoms with Crippen molar-refractivity contribution in [3.05, 3.63) is 41.6 Å². The molecule has 5 nitrogen and oxygen atoms in total. The van der Waals surface area contributed by atoms with E-state index >= 15 is 0 Å². The van der Waals surface area contributed by atoms with Gasteiger partial charge in [-0.25, -0.2) is 9.97 Å². The molecule has 0 aliphatic carbocycles. The number of nitrogens with zero attached hydrogens (tertiary/aromatic N) is 3. The molecule has 3 aromatic rings. The molecule has 0 saturated heterocycles. The van der Waals surface area contributed by atoms with Gasteiger partial charge in [-0.3, -0.25) is 13.0 Å². The first-order valence-corrected chi connectivity index (χ1v) is 10.2. The van der Waals surface area contributed by atoms with Gasteiger partial charge in [-0.1, -0.05) is 18.2 Å². The highest BCUT2D eigenvalue weighted by molar-refractivity contribution is 7.85. The lowest BCUT2D eigenvalue weighted by Crippen LogP contribution is -2.05. The van der Waals surface area contributed by atoms with Gasteiger partial charge in [-0.15, -0.1) is 0 Å². The number of aromatic nitrogens is 3. The van der Waals surface area contributed by atoms with E-state index in [9.17, 15) is 8.42 Å². The van der Waals surface area contributed by atoms with Gasteiger partial charge in [0.1, 0.15) is 5.03 Å². The third-order valence-corrected chi connectivity index (χ3v) is 5.38. The summed E-state index contributed by atoms with van der Waals surface area (Å²) in [6.45, 7) is 3.97. The van der Waals surface area contributed by atoms with Crippen molar-refractivity contribution < 1.29 is 8.42 Å². The van der Waals surface area contributed by atoms with E-state index < -0.39 is 21.6 Å². The van der Waals surface area contributed by atoms with Gasteiger partial charge in [0.05, 0.1) is 27.0 Å². The summed E-state index contributed by atoms with van der Waals surface area (Å²) in [7, 11) is -2.63. The minimum absolute atomic E-state index is 0.206. The van der Waals surface area contributed by atoms with Gasteiger partial charge in [0.25, 0.3) is 0 Å². The first-order valence-electron chi connectivity index (χ1n) is 7.03. The fraction of sp³-hybridized carbons (Fsp3) is 0.250. The Morgan fingerprint density at radius 3 is 2.17 bits per heavy atom. The standard InChI is InChI=1S/C16H17N3O2S2/c1-10-11(2)19(12-8-6-5-7-9-12)14-13(10)15(22(3)20)18-16(17-14)23(4)21/h5-9H,1-4H3. The summed E-state index contributed by atoms with van der Waals surface area (Å²) in [5.74, 6) is 0. The molecule has 0 radical (unpaired) electrons. The molecule has 1 aromatic carbocycles. The zero-order valence-electron chi connectivity index (χ0n) is 13.4. The normalized spacial score (nSPS) is 14.1. The molecule has 2 atom stereocenters. The average Bonchev–Trinajstić information content (AvgIpc) is 2.78. The minimum Gasteiger partial charge on any atom is -0.298 e. The molecule has 2 aromatic heterocycles. The Morgan fingerprint density at radius 1 is 0.957 bits per heavy atom. The van der Waals surface area contributed by atoms with Gasteiger partial charge in [-0.05, 0) is 31.5 Å². The van der Waals surface area contributed by atoms with Gasteiger partial charge in [-0.2, -0.15) is 0 Å². The lowest BCUT2D eigenvalue weighted by molar-refractivity contribution is 0.674. The first-order chi connectivity index (χ1) is 10.9. The van der Waals surface area contributed by atoms with Gasteiger partial charge >= 0.3 is 0 Å². The van der Waals surface area contributed by atoms with Crippen molar-refractivity contribution in [1.29, 1.82) is 0 Å². The second-order valence-electron chi connectivity index (χ2n) is 5.30. The topological polar surface area (TPSA) is 64.8 Å². The summed E-state index contributed by atoms with van der Waals surface area (Å²) >= 11 is 0. The molecule has 0 aliphatic rings. The third-order valence-electron chi connectivity index (χ3n) is 3.84. The van der Waals surface area contributed by atoms with E-state index in [0.717, 1.165) is 22.3 Å². The SMILES string of the molecule is Cc1c(C)n(-c2ccccc2)c2nc(S(C)=O)nc(S(C)=O)c12. The molecule has 0 fully saturated rings. The average molecular weight is 347 g/mol. The summed E-state index contributed by atoms with van der Waals surface area (Å²) in [6, 6.07) is 9.83. The second-order valence-corrected chi connectivity index (χ2v) is 7.87. The van der Waals surface area contributed by atoms with Crippen LogP contribution < -0.4 is 0 Å². The van der Waals surface area contributed by atoms with E-state index in [0.29, 0.717) is 10.7 Å².